The van der Waals surface area contributed by atoms with Gasteiger partial charge < -0.3 is 4.74 Å². The predicted octanol–water partition coefficient (Wildman–Crippen LogP) is 6.42. The molecule has 10 heteroatoms. The molecule has 3 rings (SSSR count). The maximum atomic E-state index is 13.7. The fraction of sp³-hybridized carbons (Fsp3) is 0.222. The first kappa shape index (κ1) is 20.8. The van der Waals surface area contributed by atoms with Gasteiger partial charge in [-0.15, -0.1) is 34.4 Å². The van der Waals surface area contributed by atoms with E-state index in [1.165, 1.54) is 41.5 Å². The number of rotatable bonds is 5. The Bertz CT molecular complexity index is 1010. The zero-order valence-electron chi connectivity index (χ0n) is 14.6. The van der Waals surface area contributed by atoms with Crippen LogP contribution in [0.4, 0.5) is 17.6 Å². The van der Waals surface area contributed by atoms with Gasteiger partial charge in [-0.05, 0) is 31.2 Å². The first-order valence-electron chi connectivity index (χ1n) is 7.81. The number of aryl methyl sites for hydroxylation is 1. The molecule has 0 spiro atoms. The molecule has 0 aliphatic rings. The molecular formula is C18H13F4NO2S3. The van der Waals surface area contributed by atoms with Gasteiger partial charge in [0.05, 0.1) is 24.1 Å². The minimum absolute atomic E-state index is 0.0980. The highest BCUT2D eigenvalue weighted by Gasteiger charge is 2.31. The molecule has 2 heterocycles. The van der Waals surface area contributed by atoms with Crippen LogP contribution in [-0.4, -0.2) is 18.1 Å². The van der Waals surface area contributed by atoms with Crippen LogP contribution in [0.5, 0.6) is 0 Å². The number of carbonyl (C=O) groups excluding carboxylic acids is 1. The number of methoxy groups -OCH3 is 1. The Morgan fingerprint density at radius 1 is 1.25 bits per heavy atom. The van der Waals surface area contributed by atoms with Crippen LogP contribution in [0, 0.1) is 12.7 Å². The van der Waals surface area contributed by atoms with Crippen molar-refractivity contribution in [2.75, 3.05) is 7.11 Å². The predicted molar refractivity (Wildman–Crippen MR) is 102 cm³/mol. The number of thiazole rings is 1. The number of alkyl halides is 3. The number of thiophene rings is 1. The van der Waals surface area contributed by atoms with Gasteiger partial charge in [-0.2, -0.15) is 13.2 Å². The van der Waals surface area contributed by atoms with Gasteiger partial charge in [-0.1, -0.05) is 0 Å². The molecule has 0 aliphatic heterocycles. The average Bonchev–Trinajstić information content (AvgIpc) is 3.24. The number of ether oxygens (including phenoxy) is 1. The highest BCUT2D eigenvalue weighted by Crippen LogP contribution is 2.36. The molecule has 0 fully saturated rings. The number of carbonyl (C=O) groups is 1. The molecule has 0 radical (unpaired) electrons. The van der Waals surface area contributed by atoms with Crippen molar-refractivity contribution in [1.29, 1.82) is 0 Å². The van der Waals surface area contributed by atoms with Crippen LogP contribution in [0.2, 0.25) is 0 Å². The molecule has 0 N–H and O–H groups in total. The van der Waals surface area contributed by atoms with E-state index in [0.29, 0.717) is 32.3 Å². The second-order valence-electron chi connectivity index (χ2n) is 5.67. The number of esters is 1. The van der Waals surface area contributed by atoms with E-state index in [4.69, 9.17) is 0 Å². The van der Waals surface area contributed by atoms with Gasteiger partial charge in [-0.25, -0.2) is 14.2 Å². The van der Waals surface area contributed by atoms with Gasteiger partial charge in [0.2, 0.25) is 0 Å². The Labute approximate surface area is 170 Å². The van der Waals surface area contributed by atoms with Crippen LogP contribution < -0.4 is 0 Å². The van der Waals surface area contributed by atoms with Crippen LogP contribution in [0.15, 0.2) is 34.5 Å². The normalized spacial score (nSPS) is 11.6. The van der Waals surface area contributed by atoms with Crippen molar-refractivity contribution < 1.29 is 27.1 Å². The first-order valence-corrected chi connectivity index (χ1v) is 10.5. The van der Waals surface area contributed by atoms with Crippen LogP contribution in [0.1, 0.15) is 25.1 Å². The van der Waals surface area contributed by atoms with Crippen molar-refractivity contribution in [2.45, 2.75) is 23.7 Å². The van der Waals surface area contributed by atoms with Crippen LogP contribution in [-0.2, 0) is 16.7 Å². The Morgan fingerprint density at radius 2 is 2.00 bits per heavy atom. The van der Waals surface area contributed by atoms with E-state index in [1.807, 2.05) is 5.38 Å². The fourth-order valence-electron chi connectivity index (χ4n) is 2.42. The molecule has 3 aromatic rings. The maximum Gasteiger partial charge on any atom is 0.416 e. The standard InChI is InChI=1S/C18H13F4NO2S3/c1-9-16(10-3-11(18(20,21)22)5-12(19)4-10)23-15(28-9)8-26-13-6-14(27-7-13)17(24)25-2/h3-7H,8H2,1-2H3. The monoisotopic (exact) mass is 447 g/mol. The Hall–Kier alpha value is -1.91. The van der Waals surface area contributed by atoms with Crippen molar-refractivity contribution in [3.8, 4) is 11.3 Å². The molecule has 0 saturated carbocycles. The lowest BCUT2D eigenvalue weighted by atomic mass is 10.1. The average molecular weight is 448 g/mol. The summed E-state index contributed by atoms with van der Waals surface area (Å²) in [5, 5.41) is 2.52. The lowest BCUT2D eigenvalue weighted by Gasteiger charge is -2.08. The number of nitrogens with zero attached hydrogens (tertiary/aromatic N) is 1. The minimum atomic E-state index is -4.63. The summed E-state index contributed by atoms with van der Waals surface area (Å²) in [5.74, 6) is -0.887. The number of benzene rings is 1. The number of hydrogen-bond donors (Lipinski definition) is 0. The smallest absolute Gasteiger partial charge is 0.416 e. The van der Waals surface area contributed by atoms with Gasteiger partial charge in [0.25, 0.3) is 0 Å². The minimum Gasteiger partial charge on any atom is -0.465 e. The molecule has 2 aromatic heterocycles. The lowest BCUT2D eigenvalue weighted by Crippen LogP contribution is -2.05. The van der Waals surface area contributed by atoms with Crippen molar-refractivity contribution in [3.05, 3.63) is 55.8 Å². The van der Waals surface area contributed by atoms with E-state index in [9.17, 15) is 22.4 Å². The van der Waals surface area contributed by atoms with Gasteiger partial charge >= 0.3 is 12.1 Å². The van der Waals surface area contributed by atoms with Crippen molar-refractivity contribution in [3.63, 3.8) is 0 Å². The lowest BCUT2D eigenvalue weighted by molar-refractivity contribution is -0.137. The summed E-state index contributed by atoms with van der Waals surface area (Å²) in [6.45, 7) is 1.74. The summed E-state index contributed by atoms with van der Waals surface area (Å²) in [6.07, 6.45) is -4.63. The summed E-state index contributed by atoms with van der Waals surface area (Å²) < 4.78 is 57.2. The molecule has 0 unspecified atom stereocenters. The third kappa shape index (κ3) is 4.73. The van der Waals surface area contributed by atoms with Crippen LogP contribution in [0.3, 0.4) is 0 Å². The topological polar surface area (TPSA) is 39.2 Å². The molecule has 0 bridgehead atoms. The number of hydrogen-bond acceptors (Lipinski definition) is 6. The quantitative estimate of drug-likeness (QED) is 0.257. The van der Waals surface area contributed by atoms with Crippen molar-refractivity contribution in [1.82, 2.24) is 4.98 Å². The Morgan fingerprint density at radius 3 is 2.68 bits per heavy atom. The molecule has 1 aromatic carbocycles. The number of aromatic nitrogens is 1. The van der Waals surface area contributed by atoms with Crippen molar-refractivity contribution >= 4 is 40.4 Å². The van der Waals surface area contributed by atoms with Gasteiger partial charge in [0, 0.05) is 20.7 Å². The number of halogens is 4. The molecule has 148 valence electrons. The second kappa shape index (κ2) is 8.22. The van der Waals surface area contributed by atoms with E-state index in [-0.39, 0.29) is 5.56 Å². The Balaban J connectivity index is 1.79. The Kier molecular flexibility index (Phi) is 6.11. The molecule has 28 heavy (non-hydrogen) atoms. The number of thioether (sulfide) groups is 1. The van der Waals surface area contributed by atoms with Gasteiger partial charge in [0.15, 0.2) is 0 Å². The van der Waals surface area contributed by atoms with Crippen LogP contribution >= 0.6 is 34.4 Å². The van der Waals surface area contributed by atoms with E-state index in [2.05, 4.69) is 9.72 Å². The molecule has 0 saturated heterocycles. The largest absolute Gasteiger partial charge is 0.465 e. The highest BCUT2D eigenvalue weighted by atomic mass is 32.2. The second-order valence-corrected chi connectivity index (χ2v) is 8.91. The summed E-state index contributed by atoms with van der Waals surface area (Å²) in [6, 6.07) is 4.14. The third-order valence-electron chi connectivity index (χ3n) is 3.66. The van der Waals surface area contributed by atoms with E-state index in [0.717, 1.165) is 17.0 Å². The molecule has 3 nitrogen and oxygen atoms in total. The summed E-state index contributed by atoms with van der Waals surface area (Å²) in [5.41, 5.74) is -0.605. The van der Waals surface area contributed by atoms with Gasteiger partial charge in [0.1, 0.15) is 15.7 Å². The zero-order valence-corrected chi connectivity index (χ0v) is 17.0. The zero-order chi connectivity index (χ0) is 20.5. The molecule has 0 aliphatic carbocycles. The van der Waals surface area contributed by atoms with Crippen molar-refractivity contribution in [2.24, 2.45) is 0 Å². The molecule has 0 atom stereocenters. The van der Waals surface area contributed by atoms with Crippen LogP contribution in [0.25, 0.3) is 11.3 Å². The maximum absolute atomic E-state index is 13.7. The molecule has 0 amide bonds. The van der Waals surface area contributed by atoms with E-state index < -0.39 is 23.5 Å². The van der Waals surface area contributed by atoms with E-state index in [1.54, 1.807) is 13.0 Å². The summed E-state index contributed by atoms with van der Waals surface area (Å²) >= 11 is 4.06. The third-order valence-corrected chi connectivity index (χ3v) is 6.86. The SMILES string of the molecule is COC(=O)c1cc(SCc2nc(-c3cc(F)cc(C(F)(F)F)c3)c(C)s2)cs1. The highest BCUT2D eigenvalue weighted by molar-refractivity contribution is 7.98. The summed E-state index contributed by atoms with van der Waals surface area (Å²) in [4.78, 5) is 17.9. The molecular weight excluding hydrogens is 434 g/mol. The van der Waals surface area contributed by atoms with Gasteiger partial charge in [-0.3, -0.25) is 0 Å². The first-order chi connectivity index (χ1) is 13.2. The fourth-order valence-corrected chi connectivity index (χ4v) is 5.31. The van der Waals surface area contributed by atoms with E-state index >= 15 is 0 Å². The summed E-state index contributed by atoms with van der Waals surface area (Å²) in [7, 11) is 1.31.